The Morgan fingerprint density at radius 1 is 1.86 bits per heavy atom. The molecule has 0 aliphatic heterocycles. The van der Waals surface area contributed by atoms with Crippen molar-refractivity contribution in [2.45, 2.75) is 0 Å². The highest BCUT2D eigenvalue weighted by Crippen LogP contribution is 2.08. The van der Waals surface area contributed by atoms with Crippen molar-refractivity contribution in [1.29, 1.82) is 5.26 Å². The second-order valence-electron chi connectivity index (χ2n) is 0.488. The van der Waals surface area contributed by atoms with E-state index < -0.39 is 8.96 Å². The number of rotatable bonds is 2. The van der Waals surface area contributed by atoms with Gasteiger partial charge in [-0.15, -0.1) is 10.0 Å². The molecule has 0 spiro atoms. The molecule has 7 heavy (non-hydrogen) atoms. The van der Waals surface area contributed by atoms with E-state index in [2.05, 4.69) is 9.29 Å². The van der Waals surface area contributed by atoms with Gasteiger partial charge in [0.1, 0.15) is 0 Å². The maximum absolute atomic E-state index is 9.21. The van der Waals surface area contributed by atoms with Gasteiger partial charge in [-0.2, -0.15) is 0 Å². The second-order valence-corrected chi connectivity index (χ2v) is 1.10. The van der Waals surface area contributed by atoms with Crippen LogP contribution in [0.5, 0.6) is 0 Å². The van der Waals surface area contributed by atoms with E-state index in [0.717, 1.165) is 0 Å². The first-order valence-electron chi connectivity index (χ1n) is 1.28. The van der Waals surface area contributed by atoms with Gasteiger partial charge in [0, 0.05) is 0 Å². The van der Waals surface area contributed by atoms with E-state index in [9.17, 15) is 4.79 Å². The normalized spacial score (nSPS) is 7.29. The molecule has 0 aromatic carbocycles. The molecule has 0 saturated carbocycles. The number of nitrogens with zero attached hydrogens (tertiary/aromatic N) is 2. The molecular formula is C2HN2O2P. The van der Waals surface area contributed by atoms with Gasteiger partial charge in [0.2, 0.25) is 15.0 Å². The number of hydrogen-bond acceptors (Lipinski definition) is 4. The third kappa shape index (κ3) is 5.10. The van der Waals surface area contributed by atoms with Gasteiger partial charge in [-0.25, -0.2) is 4.79 Å². The minimum absolute atomic E-state index is 0.427. The quantitative estimate of drug-likeness (QED) is 0.172. The zero-order chi connectivity index (χ0) is 5.54. The van der Waals surface area contributed by atoms with Crippen LogP contribution in [0, 0.1) is 11.5 Å². The summed E-state index contributed by atoms with van der Waals surface area (Å²) < 4.78 is 6.92. The minimum Gasteiger partial charge on any atom is -0.385 e. The van der Waals surface area contributed by atoms with E-state index in [1.54, 1.807) is 0 Å². The van der Waals surface area contributed by atoms with Crippen LogP contribution >= 0.6 is 8.96 Å². The number of carbonyl (C=O) groups excluding carboxylic acids is 1. The Labute approximate surface area is 41.7 Å². The summed E-state index contributed by atoms with van der Waals surface area (Å²) in [5, 5.41) is 7.64. The third-order valence-corrected chi connectivity index (χ3v) is 0.548. The average molecular weight is 116 g/mol. The lowest BCUT2D eigenvalue weighted by molar-refractivity contribution is 0.561. The fourth-order valence-electron chi connectivity index (χ4n) is 0.0619. The Balaban J connectivity index is 3.03. The number of isocyanates is 1. The lowest BCUT2D eigenvalue weighted by Gasteiger charge is -1.75. The lowest BCUT2D eigenvalue weighted by atomic mass is 11.6. The van der Waals surface area contributed by atoms with E-state index in [1.807, 2.05) is 0 Å². The molecule has 0 aliphatic carbocycles. The Kier molecular flexibility index (Phi) is 4.44. The summed E-state index contributed by atoms with van der Waals surface area (Å²) in [6.45, 7) is 0. The molecule has 1 unspecified atom stereocenters. The Morgan fingerprint density at radius 2 is 2.57 bits per heavy atom. The maximum atomic E-state index is 9.21. The van der Waals surface area contributed by atoms with Crippen molar-refractivity contribution in [2.75, 3.05) is 0 Å². The molecular weight excluding hydrogens is 115 g/mol. The summed E-state index contributed by atoms with van der Waals surface area (Å²) in [6, 6.07) is 0. The summed E-state index contributed by atoms with van der Waals surface area (Å²) in [5.41, 5.74) is 0. The van der Waals surface area contributed by atoms with Crippen molar-refractivity contribution in [2.24, 2.45) is 4.76 Å². The standard InChI is InChI=1S/C2HN2O2P/c3-1-6-7-4-2-5/h7H. The van der Waals surface area contributed by atoms with Crippen molar-refractivity contribution in [1.82, 2.24) is 0 Å². The monoisotopic (exact) mass is 116 g/mol. The Bertz CT molecular complexity index is 122. The first kappa shape index (κ1) is 6.10. The first-order valence-corrected chi connectivity index (χ1v) is 2.14. The first-order chi connectivity index (χ1) is 3.41. The molecule has 0 radical (unpaired) electrons. The van der Waals surface area contributed by atoms with Crippen LogP contribution in [0.2, 0.25) is 0 Å². The minimum atomic E-state index is -0.427. The van der Waals surface area contributed by atoms with Gasteiger partial charge in [0.15, 0.2) is 0 Å². The van der Waals surface area contributed by atoms with E-state index in [4.69, 9.17) is 5.26 Å². The lowest BCUT2D eigenvalue weighted by Crippen LogP contribution is -1.51. The van der Waals surface area contributed by atoms with Crippen molar-refractivity contribution >= 4 is 15.0 Å². The highest BCUT2D eigenvalue weighted by atomic mass is 31.1. The Morgan fingerprint density at radius 3 is 3.00 bits per heavy atom. The Hall–Kier alpha value is -0.900. The zero-order valence-corrected chi connectivity index (χ0v) is 4.21. The van der Waals surface area contributed by atoms with Crippen LogP contribution < -0.4 is 0 Å². The highest BCUT2D eigenvalue weighted by Gasteiger charge is 1.71. The molecule has 4 nitrogen and oxygen atoms in total. The molecule has 0 aromatic heterocycles. The number of nitriles is 1. The largest absolute Gasteiger partial charge is 0.385 e. The topological polar surface area (TPSA) is 62.4 Å². The average Bonchev–Trinajstić information content (AvgIpc) is 1.69. The van der Waals surface area contributed by atoms with Gasteiger partial charge >= 0.3 is 0 Å². The maximum Gasteiger partial charge on any atom is 0.290 e. The van der Waals surface area contributed by atoms with Gasteiger partial charge in [-0.05, 0) is 0 Å². The smallest absolute Gasteiger partial charge is 0.290 e. The molecule has 0 saturated heterocycles. The van der Waals surface area contributed by atoms with Crippen molar-refractivity contribution in [3.05, 3.63) is 0 Å². The molecule has 5 heteroatoms. The fraction of sp³-hybridized carbons (Fsp3) is 0. The van der Waals surface area contributed by atoms with Crippen LogP contribution in [-0.4, -0.2) is 6.08 Å². The predicted molar refractivity (Wildman–Crippen MR) is 23.1 cm³/mol. The summed E-state index contributed by atoms with van der Waals surface area (Å²) in [7, 11) is -0.427. The van der Waals surface area contributed by atoms with Gasteiger partial charge in [0.25, 0.3) is 6.26 Å². The molecule has 0 rings (SSSR count). The van der Waals surface area contributed by atoms with Gasteiger partial charge < -0.3 is 4.52 Å². The molecule has 36 valence electrons. The van der Waals surface area contributed by atoms with E-state index in [-0.39, 0.29) is 0 Å². The van der Waals surface area contributed by atoms with Crippen LogP contribution in [-0.2, 0) is 9.32 Å². The molecule has 0 aliphatic rings. The van der Waals surface area contributed by atoms with Crippen molar-refractivity contribution in [3.8, 4) is 6.26 Å². The molecule has 0 N–H and O–H groups in total. The molecule has 0 heterocycles. The highest BCUT2D eigenvalue weighted by molar-refractivity contribution is 7.30. The summed E-state index contributed by atoms with van der Waals surface area (Å²) in [6.07, 6.45) is 2.56. The third-order valence-electron chi connectivity index (χ3n) is 0.183. The van der Waals surface area contributed by atoms with Crippen LogP contribution in [0.15, 0.2) is 4.76 Å². The molecule has 0 amide bonds. The molecule has 1 atom stereocenters. The van der Waals surface area contributed by atoms with Gasteiger partial charge in [-0.1, -0.05) is 0 Å². The van der Waals surface area contributed by atoms with Crippen LogP contribution in [0.3, 0.4) is 0 Å². The molecule has 0 fully saturated rings. The van der Waals surface area contributed by atoms with E-state index >= 15 is 0 Å². The number of hydrogen-bond donors (Lipinski definition) is 0. The SMILES string of the molecule is N#COPN=C=O. The van der Waals surface area contributed by atoms with Crippen molar-refractivity contribution in [3.63, 3.8) is 0 Å². The van der Waals surface area contributed by atoms with Gasteiger partial charge in [0.05, 0.1) is 0 Å². The van der Waals surface area contributed by atoms with E-state index in [0.29, 0.717) is 0 Å². The van der Waals surface area contributed by atoms with Crippen LogP contribution in [0.4, 0.5) is 0 Å². The summed E-state index contributed by atoms with van der Waals surface area (Å²) in [5.74, 6) is 0. The van der Waals surface area contributed by atoms with E-state index in [1.165, 1.54) is 12.3 Å². The second kappa shape index (κ2) is 5.10. The molecule has 0 bridgehead atoms. The van der Waals surface area contributed by atoms with Crippen LogP contribution in [0.25, 0.3) is 0 Å². The van der Waals surface area contributed by atoms with Crippen LogP contribution in [0.1, 0.15) is 0 Å². The fourth-order valence-corrected chi connectivity index (χ4v) is 0.186. The van der Waals surface area contributed by atoms with Gasteiger partial charge in [-0.3, -0.25) is 0 Å². The summed E-state index contributed by atoms with van der Waals surface area (Å²) >= 11 is 0. The zero-order valence-electron chi connectivity index (χ0n) is 3.21. The summed E-state index contributed by atoms with van der Waals surface area (Å²) in [4.78, 5) is 9.21. The van der Waals surface area contributed by atoms with Crippen molar-refractivity contribution < 1.29 is 9.32 Å². The molecule has 0 aromatic rings. The predicted octanol–water partition coefficient (Wildman–Crippen LogP) is 0.328.